The van der Waals surface area contributed by atoms with Crippen molar-refractivity contribution >= 4 is 17.5 Å². The maximum Gasteiger partial charge on any atom is 0.277 e. The van der Waals surface area contributed by atoms with Crippen LogP contribution in [0.25, 0.3) is 11.5 Å². The van der Waals surface area contributed by atoms with Crippen molar-refractivity contribution in [2.45, 2.75) is 31.4 Å². The van der Waals surface area contributed by atoms with E-state index in [4.69, 9.17) is 9.15 Å². The number of carbonyl (C=O) groups is 1. The molecule has 0 N–H and O–H groups in total. The molecule has 0 amide bonds. The maximum atomic E-state index is 12.4. The van der Waals surface area contributed by atoms with Gasteiger partial charge in [-0.15, -0.1) is 10.2 Å². The molecule has 5 nitrogen and oxygen atoms in total. The van der Waals surface area contributed by atoms with Crippen LogP contribution in [0.5, 0.6) is 5.75 Å². The quantitative estimate of drug-likeness (QED) is 0.441. The minimum atomic E-state index is 0.0255. The minimum absolute atomic E-state index is 0.0255. The van der Waals surface area contributed by atoms with Crippen LogP contribution in [0, 0.1) is 0 Å². The lowest BCUT2D eigenvalue weighted by Gasteiger charge is -2.18. The smallest absolute Gasteiger partial charge is 0.277 e. The molecule has 1 heterocycles. The number of aromatic nitrogens is 2. The normalized spacial score (nSPS) is 11.4. The molecular formula is C21H22N2O3S. The zero-order valence-electron chi connectivity index (χ0n) is 15.9. The lowest BCUT2D eigenvalue weighted by molar-refractivity contribution is 0.102. The van der Waals surface area contributed by atoms with Crippen molar-refractivity contribution in [1.29, 1.82) is 0 Å². The van der Waals surface area contributed by atoms with Gasteiger partial charge in [0, 0.05) is 5.56 Å². The molecule has 0 saturated carbocycles. The summed E-state index contributed by atoms with van der Waals surface area (Å²) in [6, 6.07) is 15.2. The van der Waals surface area contributed by atoms with Gasteiger partial charge in [-0.2, -0.15) is 0 Å². The molecule has 0 spiro atoms. The van der Waals surface area contributed by atoms with Gasteiger partial charge in [-0.1, -0.05) is 68.9 Å². The Kier molecular flexibility index (Phi) is 5.65. The second-order valence-corrected chi connectivity index (χ2v) is 8.04. The highest BCUT2D eigenvalue weighted by atomic mass is 32.2. The lowest BCUT2D eigenvalue weighted by atomic mass is 9.86. The van der Waals surface area contributed by atoms with Crippen LogP contribution in [0.4, 0.5) is 0 Å². The van der Waals surface area contributed by atoms with Gasteiger partial charge >= 0.3 is 0 Å². The SMILES string of the molecule is COc1ccccc1-c1nnc(SCC(=O)c2ccc(C(C)(C)C)cc2)o1. The second-order valence-electron chi connectivity index (χ2n) is 7.11. The molecule has 2 aromatic carbocycles. The summed E-state index contributed by atoms with van der Waals surface area (Å²) >= 11 is 1.23. The number of hydrogen-bond acceptors (Lipinski definition) is 6. The summed E-state index contributed by atoms with van der Waals surface area (Å²) in [7, 11) is 1.59. The number of para-hydroxylation sites is 1. The van der Waals surface area contributed by atoms with Gasteiger partial charge in [-0.05, 0) is 23.1 Å². The first-order valence-electron chi connectivity index (χ1n) is 8.62. The molecule has 0 atom stereocenters. The van der Waals surface area contributed by atoms with Crippen LogP contribution < -0.4 is 4.74 Å². The molecule has 0 aliphatic carbocycles. The largest absolute Gasteiger partial charge is 0.496 e. The molecule has 140 valence electrons. The first-order chi connectivity index (χ1) is 12.9. The molecule has 27 heavy (non-hydrogen) atoms. The summed E-state index contributed by atoms with van der Waals surface area (Å²) in [5.74, 6) is 1.30. The molecule has 0 saturated heterocycles. The number of Topliss-reactive ketones (excluding diaryl/α,β-unsaturated/α-hetero) is 1. The van der Waals surface area contributed by atoms with Crippen molar-refractivity contribution < 1.29 is 13.9 Å². The molecule has 0 fully saturated rings. The van der Waals surface area contributed by atoms with Crippen LogP contribution in [-0.2, 0) is 5.41 Å². The Morgan fingerprint density at radius 1 is 1.07 bits per heavy atom. The Hall–Kier alpha value is -2.60. The van der Waals surface area contributed by atoms with Crippen LogP contribution in [-0.4, -0.2) is 28.8 Å². The third-order valence-corrected chi connectivity index (χ3v) is 4.96. The third kappa shape index (κ3) is 4.57. The Bertz CT molecular complexity index is 927. The van der Waals surface area contributed by atoms with Crippen molar-refractivity contribution in [2.75, 3.05) is 12.9 Å². The maximum absolute atomic E-state index is 12.4. The third-order valence-electron chi connectivity index (χ3n) is 4.14. The Labute approximate surface area is 163 Å². The number of rotatable bonds is 6. The van der Waals surface area contributed by atoms with Gasteiger partial charge in [0.25, 0.3) is 11.1 Å². The molecule has 1 aromatic heterocycles. The fourth-order valence-electron chi connectivity index (χ4n) is 2.57. The van der Waals surface area contributed by atoms with E-state index < -0.39 is 0 Å². The van der Waals surface area contributed by atoms with E-state index in [1.54, 1.807) is 7.11 Å². The summed E-state index contributed by atoms with van der Waals surface area (Å²) in [6.45, 7) is 6.44. The fraction of sp³-hybridized carbons (Fsp3) is 0.286. The number of ether oxygens (including phenoxy) is 1. The summed E-state index contributed by atoms with van der Waals surface area (Å²) in [5.41, 5.74) is 2.67. The highest BCUT2D eigenvalue weighted by Gasteiger charge is 2.16. The first-order valence-corrected chi connectivity index (χ1v) is 9.60. The van der Waals surface area contributed by atoms with Crippen molar-refractivity contribution in [1.82, 2.24) is 10.2 Å². The van der Waals surface area contributed by atoms with Crippen LogP contribution in [0.3, 0.4) is 0 Å². The highest BCUT2D eigenvalue weighted by molar-refractivity contribution is 7.99. The zero-order chi connectivity index (χ0) is 19.4. The number of carbonyl (C=O) groups excluding carboxylic acids is 1. The van der Waals surface area contributed by atoms with E-state index in [9.17, 15) is 4.79 Å². The summed E-state index contributed by atoms with van der Waals surface area (Å²) in [4.78, 5) is 12.4. The van der Waals surface area contributed by atoms with E-state index in [1.807, 2.05) is 48.5 Å². The van der Waals surface area contributed by atoms with Gasteiger partial charge in [-0.25, -0.2) is 0 Å². The molecule has 3 rings (SSSR count). The average Bonchev–Trinajstić information content (AvgIpc) is 3.14. The van der Waals surface area contributed by atoms with Crippen LogP contribution in [0.1, 0.15) is 36.7 Å². The van der Waals surface area contributed by atoms with Crippen LogP contribution >= 0.6 is 11.8 Å². The molecule has 0 aliphatic rings. The van der Waals surface area contributed by atoms with E-state index in [2.05, 4.69) is 31.0 Å². The molecule has 3 aromatic rings. The topological polar surface area (TPSA) is 65.2 Å². The Morgan fingerprint density at radius 2 is 1.78 bits per heavy atom. The van der Waals surface area contributed by atoms with Crippen LogP contribution in [0.15, 0.2) is 58.2 Å². The van der Waals surface area contributed by atoms with E-state index in [0.717, 1.165) is 5.56 Å². The molecule has 0 unspecified atom stereocenters. The predicted molar refractivity (Wildman–Crippen MR) is 106 cm³/mol. The van der Waals surface area contributed by atoms with Crippen molar-refractivity contribution in [3.05, 3.63) is 59.7 Å². The van der Waals surface area contributed by atoms with Gasteiger partial charge < -0.3 is 9.15 Å². The number of hydrogen-bond donors (Lipinski definition) is 0. The second kappa shape index (κ2) is 7.96. The van der Waals surface area contributed by atoms with Gasteiger partial charge in [0.15, 0.2) is 5.78 Å². The molecular weight excluding hydrogens is 360 g/mol. The summed E-state index contributed by atoms with van der Waals surface area (Å²) < 4.78 is 11.0. The minimum Gasteiger partial charge on any atom is -0.496 e. The summed E-state index contributed by atoms with van der Waals surface area (Å²) in [5, 5.41) is 8.43. The van der Waals surface area contributed by atoms with Crippen LogP contribution in [0.2, 0.25) is 0 Å². The van der Waals surface area contributed by atoms with Gasteiger partial charge in [0.2, 0.25) is 0 Å². The van der Waals surface area contributed by atoms with Crippen molar-refractivity contribution in [3.63, 3.8) is 0 Å². The standard InChI is InChI=1S/C21H22N2O3S/c1-21(2,3)15-11-9-14(10-12-15)17(24)13-27-20-23-22-19(26-20)16-7-5-6-8-18(16)25-4/h5-12H,13H2,1-4H3. The van der Waals surface area contributed by atoms with E-state index in [0.29, 0.717) is 22.4 Å². The first kappa shape index (κ1) is 19.2. The molecule has 0 bridgehead atoms. The highest BCUT2D eigenvalue weighted by Crippen LogP contribution is 2.30. The lowest BCUT2D eigenvalue weighted by Crippen LogP contribution is -2.11. The number of nitrogens with zero attached hydrogens (tertiary/aromatic N) is 2. The fourth-order valence-corrected chi connectivity index (χ4v) is 3.22. The van der Waals surface area contributed by atoms with E-state index in [1.165, 1.54) is 17.3 Å². The average molecular weight is 382 g/mol. The van der Waals surface area contributed by atoms with E-state index >= 15 is 0 Å². The number of methoxy groups -OCH3 is 1. The number of thioether (sulfide) groups is 1. The number of ketones is 1. The summed E-state index contributed by atoms with van der Waals surface area (Å²) in [6.07, 6.45) is 0. The number of benzene rings is 2. The van der Waals surface area contributed by atoms with E-state index in [-0.39, 0.29) is 17.0 Å². The van der Waals surface area contributed by atoms with Gasteiger partial charge in [0.1, 0.15) is 5.75 Å². The van der Waals surface area contributed by atoms with Crippen molar-refractivity contribution in [3.8, 4) is 17.2 Å². The monoisotopic (exact) mass is 382 g/mol. The molecule has 6 heteroatoms. The Morgan fingerprint density at radius 3 is 2.44 bits per heavy atom. The van der Waals surface area contributed by atoms with Gasteiger partial charge in [0.05, 0.1) is 18.4 Å². The molecule has 0 radical (unpaired) electrons. The van der Waals surface area contributed by atoms with Crippen molar-refractivity contribution in [2.24, 2.45) is 0 Å². The Balaban J connectivity index is 1.65. The predicted octanol–water partition coefficient (Wildman–Crippen LogP) is 5.02. The zero-order valence-corrected chi connectivity index (χ0v) is 16.7. The molecule has 0 aliphatic heterocycles. The van der Waals surface area contributed by atoms with Gasteiger partial charge in [-0.3, -0.25) is 4.79 Å².